The lowest BCUT2D eigenvalue weighted by atomic mass is 10.1. The van der Waals surface area contributed by atoms with Gasteiger partial charge in [0.25, 0.3) is 0 Å². The van der Waals surface area contributed by atoms with Crippen molar-refractivity contribution in [2.75, 3.05) is 5.32 Å². The maximum Gasteiger partial charge on any atom is 0.136 e. The van der Waals surface area contributed by atoms with Crippen LogP contribution in [0, 0.1) is 0 Å². The number of benzene rings is 2. The molecule has 3 heteroatoms. The van der Waals surface area contributed by atoms with E-state index in [2.05, 4.69) is 69.6 Å². The van der Waals surface area contributed by atoms with Gasteiger partial charge in [-0.05, 0) is 17.2 Å². The van der Waals surface area contributed by atoms with Gasteiger partial charge in [0.05, 0.1) is 6.54 Å². The van der Waals surface area contributed by atoms with E-state index in [1.165, 1.54) is 16.8 Å². The topological polar surface area (TPSA) is 29.9 Å². The van der Waals surface area contributed by atoms with E-state index in [4.69, 9.17) is 0 Å². The molecule has 3 nitrogen and oxygen atoms in total. The summed E-state index contributed by atoms with van der Waals surface area (Å²) >= 11 is 0. The van der Waals surface area contributed by atoms with Crippen LogP contribution < -0.4 is 5.32 Å². The Hall–Kier alpha value is -2.55. The molecule has 2 heterocycles. The molecule has 0 amide bonds. The van der Waals surface area contributed by atoms with Gasteiger partial charge in [-0.3, -0.25) is 0 Å². The number of aromatic nitrogens is 2. The molecule has 20 heavy (non-hydrogen) atoms. The first kappa shape index (κ1) is 11.3. The Morgan fingerprint density at radius 2 is 1.80 bits per heavy atom. The normalized spacial score (nSPS) is 16.7. The second-order valence-electron chi connectivity index (χ2n) is 5.06. The number of anilines is 1. The SMILES string of the molecule is c1ccc(C2Nc3ccccc3Cn3ccnc32)cc1. The second kappa shape index (κ2) is 4.53. The molecule has 0 radical (unpaired) electrons. The lowest BCUT2D eigenvalue weighted by Crippen LogP contribution is -2.14. The molecule has 0 fully saturated rings. The molecule has 0 bridgehead atoms. The average molecular weight is 261 g/mol. The minimum absolute atomic E-state index is 0.0925. The van der Waals surface area contributed by atoms with Crippen molar-refractivity contribution in [3.8, 4) is 0 Å². The van der Waals surface area contributed by atoms with Crippen molar-refractivity contribution in [1.29, 1.82) is 0 Å². The van der Waals surface area contributed by atoms with Crippen molar-refractivity contribution >= 4 is 5.69 Å². The van der Waals surface area contributed by atoms with Crippen molar-refractivity contribution in [2.45, 2.75) is 12.6 Å². The van der Waals surface area contributed by atoms with Crippen molar-refractivity contribution < 1.29 is 0 Å². The summed E-state index contributed by atoms with van der Waals surface area (Å²) in [5.41, 5.74) is 3.72. The van der Waals surface area contributed by atoms with Crippen LogP contribution >= 0.6 is 0 Å². The number of fused-ring (bicyclic) bond motifs is 2. The van der Waals surface area contributed by atoms with Gasteiger partial charge in [-0.2, -0.15) is 0 Å². The lowest BCUT2D eigenvalue weighted by molar-refractivity contribution is 0.717. The van der Waals surface area contributed by atoms with Gasteiger partial charge in [-0.1, -0.05) is 48.5 Å². The molecule has 2 aromatic carbocycles. The maximum atomic E-state index is 4.56. The third kappa shape index (κ3) is 1.79. The van der Waals surface area contributed by atoms with Gasteiger partial charge in [0.2, 0.25) is 0 Å². The first-order valence-corrected chi connectivity index (χ1v) is 6.82. The fourth-order valence-electron chi connectivity index (χ4n) is 2.80. The summed E-state index contributed by atoms with van der Waals surface area (Å²) in [5, 5.41) is 3.63. The molecule has 98 valence electrons. The van der Waals surface area contributed by atoms with Crippen molar-refractivity contribution in [3.63, 3.8) is 0 Å². The highest BCUT2D eigenvalue weighted by Crippen LogP contribution is 2.31. The zero-order valence-electron chi connectivity index (χ0n) is 11.0. The lowest BCUT2D eigenvalue weighted by Gasteiger charge is -2.18. The number of para-hydroxylation sites is 1. The largest absolute Gasteiger partial charge is 0.371 e. The molecule has 3 aromatic rings. The third-order valence-electron chi connectivity index (χ3n) is 3.80. The van der Waals surface area contributed by atoms with Crippen LogP contribution in [0.25, 0.3) is 0 Å². The number of nitrogens with zero attached hydrogens (tertiary/aromatic N) is 2. The monoisotopic (exact) mass is 261 g/mol. The zero-order chi connectivity index (χ0) is 13.4. The highest BCUT2D eigenvalue weighted by atomic mass is 15.1. The van der Waals surface area contributed by atoms with E-state index < -0.39 is 0 Å². The van der Waals surface area contributed by atoms with E-state index in [9.17, 15) is 0 Å². The van der Waals surface area contributed by atoms with Gasteiger partial charge >= 0.3 is 0 Å². The summed E-state index contributed by atoms with van der Waals surface area (Å²) in [5.74, 6) is 1.06. The molecular weight excluding hydrogens is 246 g/mol. The summed E-state index contributed by atoms with van der Waals surface area (Å²) in [7, 11) is 0. The Balaban J connectivity index is 1.88. The van der Waals surface area contributed by atoms with Crippen LogP contribution in [0.3, 0.4) is 0 Å². The molecule has 4 rings (SSSR count). The van der Waals surface area contributed by atoms with Crippen molar-refractivity contribution in [2.24, 2.45) is 0 Å². The molecule has 1 aromatic heterocycles. The predicted octanol–water partition coefficient (Wildman–Crippen LogP) is 3.45. The van der Waals surface area contributed by atoms with Crippen LogP contribution in [-0.4, -0.2) is 9.55 Å². The van der Waals surface area contributed by atoms with E-state index in [0.29, 0.717) is 0 Å². The van der Waals surface area contributed by atoms with Crippen LogP contribution in [0.15, 0.2) is 67.0 Å². The van der Waals surface area contributed by atoms with Crippen LogP contribution in [0.1, 0.15) is 23.0 Å². The molecule has 0 spiro atoms. The molecule has 1 N–H and O–H groups in total. The molecule has 1 atom stereocenters. The molecule has 1 aliphatic rings. The number of nitrogens with one attached hydrogen (secondary N) is 1. The first-order chi connectivity index (χ1) is 9.92. The molecular formula is C17H15N3. The minimum atomic E-state index is 0.0925. The van der Waals surface area contributed by atoms with Gasteiger partial charge in [0.15, 0.2) is 0 Å². The quantitative estimate of drug-likeness (QED) is 0.727. The number of imidazole rings is 1. The number of rotatable bonds is 1. The summed E-state index contributed by atoms with van der Waals surface area (Å²) in [6, 6.07) is 19.0. The summed E-state index contributed by atoms with van der Waals surface area (Å²) < 4.78 is 2.22. The van der Waals surface area contributed by atoms with Crippen LogP contribution in [0.5, 0.6) is 0 Å². The standard InChI is InChI=1S/C17H15N3/c1-2-6-13(7-3-1)16-17-18-10-11-20(17)12-14-8-4-5-9-15(14)19-16/h1-11,16,19H,12H2. The van der Waals surface area contributed by atoms with E-state index in [1.54, 1.807) is 0 Å². The molecule has 0 saturated carbocycles. The minimum Gasteiger partial charge on any atom is -0.371 e. The number of hydrogen-bond donors (Lipinski definition) is 1. The van der Waals surface area contributed by atoms with E-state index in [0.717, 1.165) is 12.4 Å². The van der Waals surface area contributed by atoms with Crippen molar-refractivity contribution in [3.05, 3.63) is 83.9 Å². The van der Waals surface area contributed by atoms with Crippen LogP contribution in [-0.2, 0) is 6.54 Å². The summed E-state index contributed by atoms with van der Waals surface area (Å²) in [4.78, 5) is 4.56. The van der Waals surface area contributed by atoms with Gasteiger partial charge in [-0.25, -0.2) is 4.98 Å². The maximum absolute atomic E-state index is 4.56. The fourth-order valence-corrected chi connectivity index (χ4v) is 2.80. The van der Waals surface area contributed by atoms with Gasteiger partial charge in [0, 0.05) is 18.1 Å². The highest BCUT2D eigenvalue weighted by molar-refractivity contribution is 5.55. The van der Waals surface area contributed by atoms with E-state index >= 15 is 0 Å². The predicted molar refractivity (Wildman–Crippen MR) is 79.7 cm³/mol. The Morgan fingerprint density at radius 1 is 1.00 bits per heavy atom. The summed E-state index contributed by atoms with van der Waals surface area (Å²) in [6.07, 6.45) is 3.93. The highest BCUT2D eigenvalue weighted by Gasteiger charge is 2.23. The first-order valence-electron chi connectivity index (χ1n) is 6.82. The molecule has 1 unspecified atom stereocenters. The third-order valence-corrected chi connectivity index (χ3v) is 3.80. The average Bonchev–Trinajstić information content (AvgIpc) is 2.89. The smallest absolute Gasteiger partial charge is 0.136 e. The van der Waals surface area contributed by atoms with E-state index in [-0.39, 0.29) is 6.04 Å². The Morgan fingerprint density at radius 3 is 2.70 bits per heavy atom. The summed E-state index contributed by atoms with van der Waals surface area (Å²) in [6.45, 7) is 0.863. The van der Waals surface area contributed by atoms with Gasteiger partial charge in [0.1, 0.15) is 11.9 Å². The number of hydrogen-bond acceptors (Lipinski definition) is 2. The molecule has 0 saturated heterocycles. The van der Waals surface area contributed by atoms with Gasteiger partial charge in [-0.15, -0.1) is 0 Å². The van der Waals surface area contributed by atoms with E-state index in [1.807, 2.05) is 12.3 Å². The van der Waals surface area contributed by atoms with Gasteiger partial charge < -0.3 is 9.88 Å². The second-order valence-corrected chi connectivity index (χ2v) is 5.06. The Kier molecular flexibility index (Phi) is 2.56. The Bertz CT molecular complexity index is 731. The van der Waals surface area contributed by atoms with Crippen LogP contribution in [0.2, 0.25) is 0 Å². The zero-order valence-corrected chi connectivity index (χ0v) is 11.0. The molecule has 1 aliphatic heterocycles. The fraction of sp³-hybridized carbons (Fsp3) is 0.118. The van der Waals surface area contributed by atoms with Crippen molar-refractivity contribution in [1.82, 2.24) is 9.55 Å². The molecule has 0 aliphatic carbocycles. The van der Waals surface area contributed by atoms with Crippen LogP contribution in [0.4, 0.5) is 5.69 Å². The Labute approximate surface area is 117 Å².